The van der Waals surface area contributed by atoms with Gasteiger partial charge in [0.15, 0.2) is 0 Å². The van der Waals surface area contributed by atoms with Gasteiger partial charge < -0.3 is 15.1 Å². The minimum absolute atomic E-state index is 0.117. The van der Waals surface area contributed by atoms with E-state index in [-0.39, 0.29) is 5.75 Å². The van der Waals surface area contributed by atoms with Gasteiger partial charge in [-0.1, -0.05) is 19.1 Å². The van der Waals surface area contributed by atoms with Crippen LogP contribution in [0.15, 0.2) is 36.4 Å². The zero-order valence-electron chi connectivity index (χ0n) is 12.5. The van der Waals surface area contributed by atoms with E-state index < -0.39 is 11.8 Å². The first kappa shape index (κ1) is 15.8. The van der Waals surface area contributed by atoms with Crippen LogP contribution in [-0.2, 0) is 13.0 Å². The number of aryl methyl sites for hydroxylation is 1. The van der Waals surface area contributed by atoms with Crippen molar-refractivity contribution in [2.24, 2.45) is 0 Å². The Morgan fingerprint density at radius 3 is 2.55 bits per heavy atom. The number of anilines is 1. The van der Waals surface area contributed by atoms with Crippen LogP contribution in [0.25, 0.3) is 0 Å². The first-order valence-electron chi connectivity index (χ1n) is 6.97. The molecule has 0 aromatic heterocycles. The summed E-state index contributed by atoms with van der Waals surface area (Å²) in [5.41, 5.74) is 2.32. The molecule has 0 bridgehead atoms. The summed E-state index contributed by atoms with van der Waals surface area (Å²) in [6, 6.07) is 9.15. The Kier molecular flexibility index (Phi) is 4.65. The lowest BCUT2D eigenvalue weighted by atomic mass is 10.0. The van der Waals surface area contributed by atoms with Crippen LogP contribution >= 0.6 is 0 Å². The van der Waals surface area contributed by atoms with Gasteiger partial charge in [-0.3, -0.25) is 0 Å². The van der Waals surface area contributed by atoms with Gasteiger partial charge in [-0.25, -0.2) is 9.18 Å². The average Bonchev–Trinajstić information content (AvgIpc) is 2.46. The Labute approximate surface area is 128 Å². The van der Waals surface area contributed by atoms with Crippen LogP contribution in [0.1, 0.15) is 28.4 Å². The number of hydrogen-bond donors (Lipinski definition) is 2. The molecule has 2 N–H and O–H groups in total. The average molecular weight is 303 g/mol. The summed E-state index contributed by atoms with van der Waals surface area (Å²) in [7, 11) is 1.74. The van der Waals surface area contributed by atoms with Gasteiger partial charge in [0.25, 0.3) is 0 Å². The second-order valence-electron chi connectivity index (χ2n) is 5.14. The maximum atomic E-state index is 13.8. The smallest absolute Gasteiger partial charge is 0.335 e. The summed E-state index contributed by atoms with van der Waals surface area (Å²) < 4.78 is 13.8. The van der Waals surface area contributed by atoms with Crippen LogP contribution in [0.2, 0.25) is 0 Å². The molecule has 0 atom stereocenters. The molecule has 0 aliphatic carbocycles. The largest absolute Gasteiger partial charge is 0.508 e. The van der Waals surface area contributed by atoms with E-state index >= 15 is 0 Å². The predicted octanol–water partition coefficient (Wildman–Crippen LogP) is 3.43. The van der Waals surface area contributed by atoms with E-state index in [1.165, 1.54) is 12.1 Å². The first-order valence-corrected chi connectivity index (χ1v) is 6.97. The summed E-state index contributed by atoms with van der Waals surface area (Å²) in [6.45, 7) is 2.34. The Balaban J connectivity index is 2.24. The minimum Gasteiger partial charge on any atom is -0.508 e. The van der Waals surface area contributed by atoms with E-state index in [1.807, 2.05) is 13.0 Å². The highest BCUT2D eigenvalue weighted by Crippen LogP contribution is 2.24. The SMILES string of the molecule is CCc1cc(CN(C)c2ccc(O)cc2F)ccc1C(=O)O. The number of halogens is 1. The van der Waals surface area contributed by atoms with E-state index in [2.05, 4.69) is 0 Å². The van der Waals surface area contributed by atoms with Gasteiger partial charge in [0.05, 0.1) is 11.3 Å². The molecule has 22 heavy (non-hydrogen) atoms. The second kappa shape index (κ2) is 6.47. The van der Waals surface area contributed by atoms with Crippen molar-refractivity contribution in [1.29, 1.82) is 0 Å². The van der Waals surface area contributed by atoms with Crippen molar-refractivity contribution >= 4 is 11.7 Å². The molecule has 0 saturated carbocycles. The summed E-state index contributed by atoms with van der Waals surface area (Å²) in [5, 5.41) is 18.4. The third kappa shape index (κ3) is 3.36. The molecule has 0 saturated heterocycles. The van der Waals surface area contributed by atoms with Crippen LogP contribution in [0.4, 0.5) is 10.1 Å². The van der Waals surface area contributed by atoms with Crippen molar-refractivity contribution < 1.29 is 19.4 Å². The third-order valence-corrected chi connectivity index (χ3v) is 3.54. The van der Waals surface area contributed by atoms with Gasteiger partial charge in [-0.05, 0) is 35.7 Å². The fraction of sp³-hybridized carbons (Fsp3) is 0.235. The molecule has 0 unspecified atom stereocenters. The number of phenolic OH excluding ortho intramolecular Hbond substituents is 1. The van der Waals surface area contributed by atoms with Gasteiger partial charge in [-0.15, -0.1) is 0 Å². The van der Waals surface area contributed by atoms with Gasteiger partial charge >= 0.3 is 5.97 Å². The van der Waals surface area contributed by atoms with Crippen molar-refractivity contribution in [2.75, 3.05) is 11.9 Å². The Morgan fingerprint density at radius 2 is 1.95 bits per heavy atom. The molecule has 5 heteroatoms. The summed E-state index contributed by atoms with van der Waals surface area (Å²) >= 11 is 0. The van der Waals surface area contributed by atoms with Crippen LogP contribution in [0, 0.1) is 5.82 Å². The predicted molar refractivity (Wildman–Crippen MR) is 83.0 cm³/mol. The minimum atomic E-state index is -0.943. The fourth-order valence-corrected chi connectivity index (χ4v) is 2.41. The zero-order valence-corrected chi connectivity index (χ0v) is 12.5. The Bertz CT molecular complexity index is 700. The zero-order chi connectivity index (χ0) is 16.3. The molecule has 0 aliphatic heterocycles. The Morgan fingerprint density at radius 1 is 1.23 bits per heavy atom. The molecule has 4 nitrogen and oxygen atoms in total. The molecule has 0 spiro atoms. The van der Waals surface area contributed by atoms with Crippen LogP contribution in [0.5, 0.6) is 5.75 Å². The number of rotatable bonds is 5. The van der Waals surface area contributed by atoms with Crippen molar-refractivity contribution in [3.8, 4) is 5.75 Å². The lowest BCUT2D eigenvalue weighted by molar-refractivity contribution is 0.0695. The number of phenols is 1. The summed E-state index contributed by atoms with van der Waals surface area (Å²) in [5.74, 6) is -1.56. The Hall–Kier alpha value is -2.56. The maximum absolute atomic E-state index is 13.8. The van der Waals surface area contributed by atoms with Gasteiger partial charge in [0.1, 0.15) is 11.6 Å². The number of benzene rings is 2. The van der Waals surface area contributed by atoms with Gasteiger partial charge in [-0.2, -0.15) is 0 Å². The van der Waals surface area contributed by atoms with Gasteiger partial charge in [0, 0.05) is 19.7 Å². The fourth-order valence-electron chi connectivity index (χ4n) is 2.41. The van der Waals surface area contributed by atoms with E-state index in [9.17, 15) is 14.3 Å². The van der Waals surface area contributed by atoms with E-state index in [0.29, 0.717) is 24.2 Å². The molecule has 0 amide bonds. The topological polar surface area (TPSA) is 60.8 Å². The number of aromatic carboxylic acids is 1. The molecular formula is C17H18FNO3. The highest BCUT2D eigenvalue weighted by molar-refractivity contribution is 5.89. The molecule has 2 rings (SSSR count). The highest BCUT2D eigenvalue weighted by atomic mass is 19.1. The summed E-state index contributed by atoms with van der Waals surface area (Å²) in [6.07, 6.45) is 0.618. The third-order valence-electron chi connectivity index (χ3n) is 3.54. The number of carboxylic acid groups (broad SMARTS) is 1. The second-order valence-corrected chi connectivity index (χ2v) is 5.14. The van der Waals surface area contributed by atoms with Crippen molar-refractivity contribution in [2.45, 2.75) is 19.9 Å². The lowest BCUT2D eigenvalue weighted by Crippen LogP contribution is -2.18. The van der Waals surface area contributed by atoms with E-state index in [1.54, 1.807) is 24.1 Å². The van der Waals surface area contributed by atoms with Crippen LogP contribution < -0.4 is 4.90 Å². The number of carboxylic acids is 1. The molecule has 2 aromatic rings. The lowest BCUT2D eigenvalue weighted by Gasteiger charge is -2.20. The molecule has 2 aromatic carbocycles. The monoisotopic (exact) mass is 303 g/mol. The molecule has 0 aliphatic rings. The normalized spacial score (nSPS) is 10.5. The van der Waals surface area contributed by atoms with E-state index in [4.69, 9.17) is 5.11 Å². The van der Waals surface area contributed by atoms with Crippen molar-refractivity contribution in [1.82, 2.24) is 0 Å². The highest BCUT2D eigenvalue weighted by Gasteiger charge is 2.12. The van der Waals surface area contributed by atoms with Crippen molar-refractivity contribution in [3.05, 3.63) is 58.9 Å². The molecule has 0 heterocycles. The molecule has 0 fully saturated rings. The molecule has 0 radical (unpaired) electrons. The summed E-state index contributed by atoms with van der Waals surface area (Å²) in [4.78, 5) is 12.8. The van der Waals surface area contributed by atoms with Crippen molar-refractivity contribution in [3.63, 3.8) is 0 Å². The van der Waals surface area contributed by atoms with Gasteiger partial charge in [0.2, 0.25) is 0 Å². The number of hydrogen-bond acceptors (Lipinski definition) is 3. The number of carbonyl (C=O) groups is 1. The van der Waals surface area contributed by atoms with E-state index in [0.717, 1.165) is 17.2 Å². The maximum Gasteiger partial charge on any atom is 0.335 e. The molecule has 116 valence electrons. The van der Waals surface area contributed by atoms with Crippen LogP contribution in [-0.4, -0.2) is 23.2 Å². The van der Waals surface area contributed by atoms with Crippen LogP contribution in [0.3, 0.4) is 0 Å². The quantitative estimate of drug-likeness (QED) is 0.888. The first-order chi connectivity index (χ1) is 10.4. The standard InChI is InChI=1S/C17H18FNO3/c1-3-12-8-11(4-6-14(12)17(21)22)10-19(2)16-7-5-13(20)9-15(16)18/h4-9,20H,3,10H2,1-2H3,(H,21,22). The number of aromatic hydroxyl groups is 1. The molecular weight excluding hydrogens is 285 g/mol. The number of nitrogens with zero attached hydrogens (tertiary/aromatic N) is 1.